The van der Waals surface area contributed by atoms with E-state index in [1.165, 1.54) is 33.3 Å². The van der Waals surface area contributed by atoms with E-state index in [9.17, 15) is 14.7 Å². The highest BCUT2D eigenvalue weighted by Gasteiger charge is 2.48. The second-order valence-electron chi connectivity index (χ2n) is 4.67. The largest absolute Gasteiger partial charge is 0.501 e. The summed E-state index contributed by atoms with van der Waals surface area (Å²) in [6, 6.07) is 4.69. The van der Waals surface area contributed by atoms with Crippen LogP contribution in [0, 0.1) is 0 Å². The average Bonchev–Trinajstić information content (AvgIpc) is 2.71. The summed E-state index contributed by atoms with van der Waals surface area (Å²) in [5, 5.41) is 20.3. The number of Topliss-reactive ketones (excluding diaryl/α,β-unsaturated/α-hetero) is 1. The van der Waals surface area contributed by atoms with Crippen LogP contribution in [0.4, 0.5) is 4.79 Å². The van der Waals surface area contributed by atoms with Gasteiger partial charge in [-0.25, -0.2) is 4.79 Å². The van der Waals surface area contributed by atoms with E-state index < -0.39 is 29.1 Å². The molecule has 0 bridgehead atoms. The lowest BCUT2D eigenvalue weighted by Crippen LogP contribution is -2.32. The third-order valence-corrected chi connectivity index (χ3v) is 3.29. The van der Waals surface area contributed by atoms with Crippen molar-refractivity contribution in [3.63, 3.8) is 0 Å². The molecule has 0 spiro atoms. The number of rotatable bonds is 4. The maximum Gasteiger partial charge on any atom is 0.411 e. The number of hydrogen-bond donors (Lipinski definition) is 3. The number of carbonyl (C=O) groups excluding carboxylic acids is 1. The zero-order valence-electron chi connectivity index (χ0n) is 12.2. The molecule has 8 nitrogen and oxygen atoms in total. The molecule has 1 aromatic carbocycles. The fourth-order valence-electron chi connectivity index (χ4n) is 2.08. The predicted octanol–water partition coefficient (Wildman–Crippen LogP) is 1.51. The van der Waals surface area contributed by atoms with E-state index in [1.807, 2.05) is 5.32 Å². The normalized spacial score (nSPS) is 20.6. The Hall–Kier alpha value is -2.90. The summed E-state index contributed by atoms with van der Waals surface area (Å²) >= 11 is 0. The summed E-state index contributed by atoms with van der Waals surface area (Å²) in [6.07, 6.45) is -1.46. The molecule has 0 saturated carbocycles. The van der Waals surface area contributed by atoms with Crippen LogP contribution in [0.5, 0.6) is 11.5 Å². The van der Waals surface area contributed by atoms with Crippen LogP contribution in [0.2, 0.25) is 0 Å². The third-order valence-electron chi connectivity index (χ3n) is 3.29. The molecule has 0 saturated heterocycles. The molecule has 2 rings (SSSR count). The summed E-state index contributed by atoms with van der Waals surface area (Å²) in [7, 11) is 2.90. The molecule has 0 aliphatic carbocycles. The van der Waals surface area contributed by atoms with Crippen LogP contribution in [0.15, 0.2) is 29.8 Å². The Bertz CT molecular complexity index is 645. The number of ether oxygens (including phenoxy) is 3. The SMILES string of the molecule is COc1cc(OC)cc(C2(C)OC(NC(=O)O)=C(O)C2=O)c1. The molecule has 1 amide bonds. The van der Waals surface area contributed by atoms with Crippen LogP contribution in [0.1, 0.15) is 12.5 Å². The maximum atomic E-state index is 12.3. The van der Waals surface area contributed by atoms with E-state index in [2.05, 4.69) is 0 Å². The molecular formula is C14H15NO7. The number of methoxy groups -OCH3 is 2. The van der Waals surface area contributed by atoms with Gasteiger partial charge < -0.3 is 24.4 Å². The lowest BCUT2D eigenvalue weighted by molar-refractivity contribution is -0.131. The fourth-order valence-corrected chi connectivity index (χ4v) is 2.08. The van der Waals surface area contributed by atoms with Gasteiger partial charge in [0.2, 0.25) is 11.6 Å². The minimum Gasteiger partial charge on any atom is -0.501 e. The number of benzene rings is 1. The molecule has 1 unspecified atom stereocenters. The highest BCUT2D eigenvalue weighted by Crippen LogP contribution is 2.39. The zero-order chi connectivity index (χ0) is 16.5. The smallest absolute Gasteiger partial charge is 0.411 e. The van der Waals surface area contributed by atoms with Crippen LogP contribution in [-0.4, -0.2) is 36.3 Å². The first kappa shape index (κ1) is 15.5. The van der Waals surface area contributed by atoms with Crippen LogP contribution in [0.25, 0.3) is 0 Å². The number of aliphatic hydroxyl groups excluding tert-OH is 1. The van der Waals surface area contributed by atoms with Gasteiger partial charge in [-0.2, -0.15) is 0 Å². The molecule has 22 heavy (non-hydrogen) atoms. The van der Waals surface area contributed by atoms with Crippen LogP contribution in [0.3, 0.4) is 0 Å². The van der Waals surface area contributed by atoms with Gasteiger partial charge in [0.15, 0.2) is 5.60 Å². The fraction of sp³-hybridized carbons (Fsp3) is 0.286. The third kappa shape index (κ3) is 2.50. The first-order valence-corrected chi connectivity index (χ1v) is 6.22. The van der Waals surface area contributed by atoms with Gasteiger partial charge in [-0.05, 0) is 19.1 Å². The van der Waals surface area contributed by atoms with Crippen molar-refractivity contribution in [2.24, 2.45) is 0 Å². The molecule has 1 aliphatic heterocycles. The lowest BCUT2D eigenvalue weighted by atomic mass is 9.91. The molecule has 1 heterocycles. The molecule has 1 atom stereocenters. The highest BCUT2D eigenvalue weighted by atomic mass is 16.5. The molecule has 1 aromatic rings. The Labute approximate surface area is 125 Å². The highest BCUT2D eigenvalue weighted by molar-refractivity contribution is 6.03. The van der Waals surface area contributed by atoms with Gasteiger partial charge in [0, 0.05) is 11.6 Å². The standard InChI is InChI=1S/C14H15NO7/c1-14(7-4-8(20-2)6-9(5-7)21-3)11(17)10(16)12(22-14)15-13(18)19/h4-6,15-16H,1-3H3,(H,18,19). The van der Waals surface area contributed by atoms with Crippen molar-refractivity contribution in [3.05, 3.63) is 35.4 Å². The molecule has 3 N–H and O–H groups in total. The van der Waals surface area contributed by atoms with E-state index in [-0.39, 0.29) is 0 Å². The first-order chi connectivity index (χ1) is 10.3. The van der Waals surface area contributed by atoms with Crippen molar-refractivity contribution in [3.8, 4) is 11.5 Å². The van der Waals surface area contributed by atoms with Crippen LogP contribution < -0.4 is 14.8 Å². The first-order valence-electron chi connectivity index (χ1n) is 6.22. The van der Waals surface area contributed by atoms with Crippen molar-refractivity contribution in [2.75, 3.05) is 14.2 Å². The second-order valence-corrected chi connectivity index (χ2v) is 4.67. The average molecular weight is 309 g/mol. The number of amides is 1. The number of carboxylic acid groups (broad SMARTS) is 1. The van der Waals surface area contributed by atoms with E-state index in [1.54, 1.807) is 6.07 Å². The molecule has 0 fully saturated rings. The Morgan fingerprint density at radius 3 is 2.23 bits per heavy atom. The number of nitrogens with one attached hydrogen (secondary N) is 1. The van der Waals surface area contributed by atoms with Gasteiger partial charge in [-0.1, -0.05) is 0 Å². The minimum absolute atomic E-state index is 0.349. The van der Waals surface area contributed by atoms with Gasteiger partial charge in [-0.15, -0.1) is 0 Å². The van der Waals surface area contributed by atoms with Gasteiger partial charge >= 0.3 is 6.09 Å². The molecule has 0 radical (unpaired) electrons. The summed E-state index contributed by atoms with van der Waals surface area (Å²) in [6.45, 7) is 1.41. The molecular weight excluding hydrogens is 294 g/mol. The number of hydrogen-bond acceptors (Lipinski definition) is 6. The summed E-state index contributed by atoms with van der Waals surface area (Å²) in [5.74, 6) is -1.22. The molecule has 118 valence electrons. The van der Waals surface area contributed by atoms with Crippen LogP contribution in [-0.2, 0) is 15.1 Å². The van der Waals surface area contributed by atoms with E-state index in [0.29, 0.717) is 17.1 Å². The summed E-state index contributed by atoms with van der Waals surface area (Å²) in [4.78, 5) is 22.9. The minimum atomic E-state index is -1.59. The van der Waals surface area contributed by atoms with Crippen molar-refractivity contribution in [2.45, 2.75) is 12.5 Å². The Kier molecular flexibility index (Phi) is 3.85. The van der Waals surface area contributed by atoms with E-state index >= 15 is 0 Å². The Morgan fingerprint density at radius 2 is 1.77 bits per heavy atom. The van der Waals surface area contributed by atoms with E-state index in [0.717, 1.165) is 0 Å². The molecule has 8 heteroatoms. The quantitative estimate of drug-likeness (QED) is 0.772. The van der Waals surface area contributed by atoms with Gasteiger partial charge in [0.05, 0.1) is 14.2 Å². The summed E-state index contributed by atoms with van der Waals surface area (Å²) in [5.41, 5.74) is -1.24. The predicted molar refractivity (Wildman–Crippen MR) is 73.8 cm³/mol. The van der Waals surface area contributed by atoms with Crippen molar-refractivity contribution in [1.29, 1.82) is 0 Å². The maximum absolute atomic E-state index is 12.3. The topological polar surface area (TPSA) is 114 Å². The van der Waals surface area contributed by atoms with Gasteiger partial charge in [-0.3, -0.25) is 10.1 Å². The molecule has 1 aliphatic rings. The van der Waals surface area contributed by atoms with Gasteiger partial charge in [0.25, 0.3) is 5.78 Å². The monoisotopic (exact) mass is 309 g/mol. The van der Waals surface area contributed by atoms with Crippen LogP contribution >= 0.6 is 0 Å². The number of carbonyl (C=O) groups is 2. The van der Waals surface area contributed by atoms with E-state index in [4.69, 9.17) is 19.3 Å². The van der Waals surface area contributed by atoms with Crippen molar-refractivity contribution < 1.29 is 34.0 Å². The van der Waals surface area contributed by atoms with Gasteiger partial charge in [0.1, 0.15) is 11.5 Å². The van der Waals surface area contributed by atoms with Crippen molar-refractivity contribution in [1.82, 2.24) is 5.32 Å². The lowest BCUT2D eigenvalue weighted by Gasteiger charge is -2.24. The molecule has 0 aromatic heterocycles. The summed E-state index contributed by atoms with van der Waals surface area (Å²) < 4.78 is 15.6. The second kappa shape index (κ2) is 5.47. The zero-order valence-corrected chi connectivity index (χ0v) is 12.2. The Morgan fingerprint density at radius 1 is 1.23 bits per heavy atom. The number of aliphatic hydroxyl groups is 1. The Balaban J connectivity index is 2.45. The number of ketones is 1. The van der Waals surface area contributed by atoms with Crippen molar-refractivity contribution >= 4 is 11.9 Å².